The Morgan fingerprint density at radius 1 is 1.33 bits per heavy atom. The number of benzene rings is 1. The van der Waals surface area contributed by atoms with Crippen LogP contribution in [0.4, 0.5) is 5.69 Å². The van der Waals surface area contributed by atoms with Crippen molar-refractivity contribution in [2.45, 2.75) is 39.3 Å². The highest BCUT2D eigenvalue weighted by molar-refractivity contribution is 6.02. The van der Waals surface area contributed by atoms with E-state index in [-0.39, 0.29) is 18.1 Å². The summed E-state index contributed by atoms with van der Waals surface area (Å²) in [6, 6.07) is 5.46. The van der Waals surface area contributed by atoms with Crippen LogP contribution in [0, 0.1) is 0 Å². The lowest BCUT2D eigenvalue weighted by atomic mass is 10.1. The number of ether oxygens (including phenoxy) is 2. The lowest BCUT2D eigenvalue weighted by Gasteiger charge is -2.12. The van der Waals surface area contributed by atoms with Crippen molar-refractivity contribution in [1.29, 1.82) is 0 Å². The summed E-state index contributed by atoms with van der Waals surface area (Å²) >= 11 is 0. The van der Waals surface area contributed by atoms with Crippen LogP contribution in [0.25, 0.3) is 0 Å². The van der Waals surface area contributed by atoms with Gasteiger partial charge in [-0.25, -0.2) is 0 Å². The van der Waals surface area contributed by atoms with Crippen molar-refractivity contribution in [3.63, 3.8) is 0 Å². The van der Waals surface area contributed by atoms with Gasteiger partial charge in [-0.3, -0.25) is 4.79 Å². The quantitative estimate of drug-likeness (QED) is 0.723. The normalized spacial score (nSPS) is 17.0. The number of carbonyl (C=O) groups excluding carboxylic acids is 1. The highest BCUT2D eigenvalue weighted by Gasteiger charge is 2.29. The summed E-state index contributed by atoms with van der Waals surface area (Å²) in [6.45, 7) is 7.95. The van der Waals surface area contributed by atoms with E-state index in [1.807, 2.05) is 32.0 Å². The van der Waals surface area contributed by atoms with Gasteiger partial charge in [0, 0.05) is 17.3 Å². The first-order chi connectivity index (χ1) is 10.1. The Kier molecular flexibility index (Phi) is 5.59. The molecule has 0 aliphatic carbocycles. The highest BCUT2D eigenvalue weighted by Crippen LogP contribution is 2.33. The molecule has 5 heteroatoms. The molecule has 2 N–H and O–H groups in total. The fraction of sp³-hybridized carbons (Fsp3) is 0.562. The average molecular weight is 292 g/mol. The maximum Gasteiger partial charge on any atom is 0.246 e. The van der Waals surface area contributed by atoms with Gasteiger partial charge in [0.1, 0.15) is 18.4 Å². The molecule has 1 atom stereocenters. The molecule has 1 aliphatic heterocycles. The van der Waals surface area contributed by atoms with Crippen molar-refractivity contribution in [3.8, 4) is 5.75 Å². The minimum atomic E-state index is -0.252. The van der Waals surface area contributed by atoms with E-state index in [2.05, 4.69) is 17.6 Å². The minimum absolute atomic E-state index is 0.00117. The smallest absolute Gasteiger partial charge is 0.246 e. The van der Waals surface area contributed by atoms with E-state index in [0.717, 1.165) is 30.0 Å². The van der Waals surface area contributed by atoms with Gasteiger partial charge in [0.25, 0.3) is 0 Å². The van der Waals surface area contributed by atoms with E-state index in [9.17, 15) is 4.79 Å². The summed E-state index contributed by atoms with van der Waals surface area (Å²) in [5.41, 5.74) is 1.81. The van der Waals surface area contributed by atoms with Gasteiger partial charge in [-0.05, 0) is 32.9 Å². The number of hydrogen-bond donors (Lipinski definition) is 2. The number of hydrogen-bond acceptors (Lipinski definition) is 4. The Morgan fingerprint density at radius 2 is 2.14 bits per heavy atom. The predicted molar refractivity (Wildman–Crippen MR) is 82.7 cm³/mol. The largest absolute Gasteiger partial charge is 0.491 e. The predicted octanol–water partition coefficient (Wildman–Crippen LogP) is 2.48. The summed E-state index contributed by atoms with van der Waals surface area (Å²) < 4.78 is 11.1. The lowest BCUT2D eigenvalue weighted by Crippen LogP contribution is -2.27. The SMILES string of the molecule is CCCNC1C(=O)Nc2cc(OCCOC(C)C)ccc21. The summed E-state index contributed by atoms with van der Waals surface area (Å²) in [6.07, 6.45) is 1.20. The molecule has 0 spiro atoms. The third-order valence-electron chi connectivity index (χ3n) is 3.26. The first-order valence-electron chi connectivity index (χ1n) is 7.54. The van der Waals surface area contributed by atoms with Gasteiger partial charge in [-0.1, -0.05) is 13.0 Å². The maximum atomic E-state index is 11.9. The molecule has 1 aromatic rings. The van der Waals surface area contributed by atoms with E-state index >= 15 is 0 Å². The molecule has 1 unspecified atom stereocenters. The minimum Gasteiger partial charge on any atom is -0.491 e. The zero-order valence-electron chi connectivity index (χ0n) is 12.9. The van der Waals surface area contributed by atoms with Gasteiger partial charge >= 0.3 is 0 Å². The van der Waals surface area contributed by atoms with E-state index in [1.165, 1.54) is 0 Å². The number of nitrogens with one attached hydrogen (secondary N) is 2. The van der Waals surface area contributed by atoms with E-state index in [4.69, 9.17) is 9.47 Å². The third-order valence-corrected chi connectivity index (χ3v) is 3.26. The van der Waals surface area contributed by atoms with Crippen LogP contribution < -0.4 is 15.4 Å². The second-order valence-corrected chi connectivity index (χ2v) is 5.39. The van der Waals surface area contributed by atoms with Gasteiger partial charge in [-0.2, -0.15) is 0 Å². The first-order valence-corrected chi connectivity index (χ1v) is 7.54. The van der Waals surface area contributed by atoms with Crippen molar-refractivity contribution >= 4 is 11.6 Å². The molecule has 0 radical (unpaired) electrons. The fourth-order valence-corrected chi connectivity index (χ4v) is 2.27. The van der Waals surface area contributed by atoms with Gasteiger partial charge in [0.15, 0.2) is 0 Å². The Bertz CT molecular complexity index is 488. The lowest BCUT2D eigenvalue weighted by molar-refractivity contribution is -0.117. The Morgan fingerprint density at radius 3 is 2.86 bits per heavy atom. The molecule has 5 nitrogen and oxygen atoms in total. The van der Waals surface area contributed by atoms with E-state index < -0.39 is 0 Å². The van der Waals surface area contributed by atoms with Crippen LogP contribution in [0.1, 0.15) is 38.8 Å². The highest BCUT2D eigenvalue weighted by atomic mass is 16.5. The molecular formula is C16H24N2O3. The number of carbonyl (C=O) groups is 1. The van der Waals surface area contributed by atoms with Crippen molar-refractivity contribution in [3.05, 3.63) is 23.8 Å². The Balaban J connectivity index is 1.94. The number of rotatable bonds is 8. The molecule has 0 saturated carbocycles. The third kappa shape index (κ3) is 4.19. The van der Waals surface area contributed by atoms with Crippen LogP contribution in [0.3, 0.4) is 0 Å². The molecule has 0 bridgehead atoms. The van der Waals surface area contributed by atoms with Crippen LogP contribution in [-0.4, -0.2) is 31.8 Å². The van der Waals surface area contributed by atoms with E-state index in [1.54, 1.807) is 0 Å². The average Bonchev–Trinajstić information content (AvgIpc) is 2.76. The molecule has 1 heterocycles. The van der Waals surface area contributed by atoms with Crippen LogP contribution in [0.5, 0.6) is 5.75 Å². The van der Waals surface area contributed by atoms with Gasteiger partial charge in [0.05, 0.1) is 12.7 Å². The van der Waals surface area contributed by atoms with Gasteiger partial charge in [0.2, 0.25) is 5.91 Å². The van der Waals surface area contributed by atoms with Crippen molar-refractivity contribution in [2.75, 3.05) is 25.1 Å². The monoisotopic (exact) mass is 292 g/mol. The summed E-state index contributed by atoms with van der Waals surface area (Å²) in [7, 11) is 0. The molecule has 1 aliphatic rings. The fourth-order valence-electron chi connectivity index (χ4n) is 2.27. The summed E-state index contributed by atoms with van der Waals surface area (Å²) in [5.74, 6) is 0.747. The molecule has 116 valence electrons. The van der Waals surface area contributed by atoms with E-state index in [0.29, 0.717) is 13.2 Å². The molecule has 21 heavy (non-hydrogen) atoms. The molecule has 0 saturated heterocycles. The van der Waals surface area contributed by atoms with Crippen LogP contribution in [0.15, 0.2) is 18.2 Å². The molecule has 1 aromatic carbocycles. The molecule has 0 fully saturated rings. The van der Waals surface area contributed by atoms with Crippen molar-refractivity contribution in [2.24, 2.45) is 0 Å². The van der Waals surface area contributed by atoms with Gasteiger partial charge in [-0.15, -0.1) is 0 Å². The second-order valence-electron chi connectivity index (χ2n) is 5.39. The Labute approximate surface area is 126 Å². The van der Waals surface area contributed by atoms with Crippen molar-refractivity contribution in [1.82, 2.24) is 5.32 Å². The zero-order valence-corrected chi connectivity index (χ0v) is 12.9. The van der Waals surface area contributed by atoms with Gasteiger partial charge < -0.3 is 20.1 Å². The molecule has 0 aromatic heterocycles. The van der Waals surface area contributed by atoms with Crippen LogP contribution in [-0.2, 0) is 9.53 Å². The second kappa shape index (κ2) is 7.43. The summed E-state index contributed by atoms with van der Waals surface area (Å²) in [4.78, 5) is 11.9. The summed E-state index contributed by atoms with van der Waals surface area (Å²) in [5, 5.41) is 6.14. The van der Waals surface area contributed by atoms with Crippen LogP contribution >= 0.6 is 0 Å². The zero-order chi connectivity index (χ0) is 15.2. The molecule has 2 rings (SSSR count). The standard InChI is InChI=1S/C16H24N2O3/c1-4-7-17-15-13-6-5-12(10-14(13)18-16(15)19)21-9-8-20-11(2)3/h5-6,10-11,15,17H,4,7-9H2,1-3H3,(H,18,19). The number of fused-ring (bicyclic) bond motifs is 1. The first kappa shape index (κ1) is 15.8. The maximum absolute atomic E-state index is 11.9. The number of anilines is 1. The molecular weight excluding hydrogens is 268 g/mol. The number of amides is 1. The van der Waals surface area contributed by atoms with Crippen LogP contribution in [0.2, 0.25) is 0 Å². The van der Waals surface area contributed by atoms with Crippen molar-refractivity contribution < 1.29 is 14.3 Å². The molecule has 1 amide bonds. The topological polar surface area (TPSA) is 59.6 Å². The Hall–Kier alpha value is -1.59.